The minimum absolute atomic E-state index is 0.101. The van der Waals surface area contributed by atoms with E-state index in [1.807, 2.05) is 41.0 Å². The largest absolute Gasteiger partial charge is 0.388 e. The van der Waals surface area contributed by atoms with Gasteiger partial charge in [-0.1, -0.05) is 41.4 Å². The quantitative estimate of drug-likeness (QED) is 0.797. The molecule has 1 aromatic heterocycles. The number of rotatable bonds is 3. The Kier molecular flexibility index (Phi) is 3.66. The monoisotopic (exact) mass is 306 g/mol. The second kappa shape index (κ2) is 5.44. The van der Waals surface area contributed by atoms with Crippen molar-refractivity contribution in [2.45, 2.75) is 13.2 Å². The van der Waals surface area contributed by atoms with Crippen LogP contribution in [0.1, 0.15) is 11.4 Å². The first-order valence-electron chi connectivity index (χ1n) is 6.18. The van der Waals surface area contributed by atoms with Crippen LogP contribution in [0.5, 0.6) is 0 Å². The summed E-state index contributed by atoms with van der Waals surface area (Å²) in [5.41, 5.74) is 2.87. The van der Waals surface area contributed by atoms with Gasteiger partial charge in [0.15, 0.2) is 0 Å². The molecule has 3 nitrogen and oxygen atoms in total. The lowest BCUT2D eigenvalue weighted by atomic mass is 10.2. The number of nitrogens with zero attached hydrogens (tertiary/aromatic N) is 2. The molecule has 0 bridgehead atoms. The number of aliphatic hydroxyl groups is 1. The van der Waals surface area contributed by atoms with Gasteiger partial charge in [0.1, 0.15) is 12.4 Å². The topological polar surface area (TPSA) is 38.1 Å². The van der Waals surface area contributed by atoms with E-state index in [1.54, 1.807) is 6.07 Å². The van der Waals surface area contributed by atoms with Gasteiger partial charge in [-0.15, -0.1) is 0 Å². The molecule has 3 aromatic rings. The van der Waals surface area contributed by atoms with Crippen LogP contribution in [0.15, 0.2) is 42.5 Å². The second-order valence-electron chi connectivity index (χ2n) is 4.51. The van der Waals surface area contributed by atoms with E-state index in [0.29, 0.717) is 22.4 Å². The second-order valence-corrected chi connectivity index (χ2v) is 5.32. The molecular weight excluding hydrogens is 295 g/mol. The Labute approximate surface area is 126 Å². The summed E-state index contributed by atoms with van der Waals surface area (Å²) in [6, 6.07) is 13.3. The van der Waals surface area contributed by atoms with Crippen molar-refractivity contribution >= 4 is 34.2 Å². The van der Waals surface area contributed by atoms with Crippen LogP contribution in [0.4, 0.5) is 0 Å². The molecule has 0 spiro atoms. The van der Waals surface area contributed by atoms with Crippen LogP contribution >= 0.6 is 23.2 Å². The molecule has 0 atom stereocenters. The number of hydrogen-bond donors (Lipinski definition) is 1. The Balaban J connectivity index is 2.07. The van der Waals surface area contributed by atoms with Gasteiger partial charge in [0.05, 0.1) is 21.1 Å². The third kappa shape index (κ3) is 2.40. The van der Waals surface area contributed by atoms with E-state index in [1.165, 1.54) is 0 Å². The first kappa shape index (κ1) is 13.4. The predicted octanol–water partition coefficient (Wildman–Crippen LogP) is 3.88. The number of aromatic nitrogens is 2. The predicted molar refractivity (Wildman–Crippen MR) is 81.2 cm³/mol. The first-order valence-corrected chi connectivity index (χ1v) is 6.93. The minimum Gasteiger partial charge on any atom is -0.388 e. The Morgan fingerprint density at radius 1 is 1.05 bits per heavy atom. The van der Waals surface area contributed by atoms with Crippen molar-refractivity contribution in [2.24, 2.45) is 0 Å². The van der Waals surface area contributed by atoms with Crippen LogP contribution in [0.2, 0.25) is 10.0 Å². The molecule has 1 heterocycles. The molecule has 0 saturated heterocycles. The molecule has 0 fully saturated rings. The molecule has 0 aliphatic rings. The fraction of sp³-hybridized carbons (Fsp3) is 0.133. The maximum Gasteiger partial charge on any atom is 0.136 e. The fourth-order valence-electron chi connectivity index (χ4n) is 2.24. The molecule has 20 heavy (non-hydrogen) atoms. The van der Waals surface area contributed by atoms with Crippen molar-refractivity contribution < 1.29 is 5.11 Å². The lowest BCUT2D eigenvalue weighted by molar-refractivity contribution is 0.267. The van der Waals surface area contributed by atoms with Gasteiger partial charge < -0.3 is 9.67 Å². The zero-order valence-corrected chi connectivity index (χ0v) is 12.1. The molecule has 3 rings (SSSR count). The van der Waals surface area contributed by atoms with Crippen LogP contribution < -0.4 is 0 Å². The van der Waals surface area contributed by atoms with Gasteiger partial charge in [0.2, 0.25) is 0 Å². The molecule has 5 heteroatoms. The highest BCUT2D eigenvalue weighted by Gasteiger charge is 2.10. The van der Waals surface area contributed by atoms with Gasteiger partial charge in [-0.3, -0.25) is 0 Å². The number of benzene rings is 2. The summed E-state index contributed by atoms with van der Waals surface area (Å²) in [7, 11) is 0. The van der Waals surface area contributed by atoms with Crippen molar-refractivity contribution in [3.05, 3.63) is 63.9 Å². The molecule has 1 N–H and O–H groups in total. The number of aliphatic hydroxyl groups excluding tert-OH is 1. The van der Waals surface area contributed by atoms with Gasteiger partial charge in [0.25, 0.3) is 0 Å². The van der Waals surface area contributed by atoms with Crippen LogP contribution in [0, 0.1) is 0 Å². The molecule has 0 unspecified atom stereocenters. The third-order valence-electron chi connectivity index (χ3n) is 3.20. The summed E-state index contributed by atoms with van der Waals surface area (Å²) in [5, 5.41) is 10.5. The summed E-state index contributed by atoms with van der Waals surface area (Å²) in [5.74, 6) is 0.636. The van der Waals surface area contributed by atoms with Gasteiger partial charge in [-0.25, -0.2) is 4.98 Å². The molecular formula is C15H12Cl2N2O. The first-order chi connectivity index (χ1) is 9.69. The van der Waals surface area contributed by atoms with E-state index in [0.717, 1.165) is 16.6 Å². The lowest BCUT2D eigenvalue weighted by Crippen LogP contribution is -2.05. The average Bonchev–Trinajstić information content (AvgIpc) is 2.81. The summed E-state index contributed by atoms with van der Waals surface area (Å²) in [6.45, 7) is 0.489. The Morgan fingerprint density at radius 3 is 2.60 bits per heavy atom. The molecule has 0 radical (unpaired) electrons. The molecule has 0 saturated carbocycles. The summed E-state index contributed by atoms with van der Waals surface area (Å²) in [6.07, 6.45) is 0. The van der Waals surface area contributed by atoms with Crippen molar-refractivity contribution in [1.82, 2.24) is 9.55 Å². The zero-order valence-electron chi connectivity index (χ0n) is 10.6. The number of fused-ring (bicyclic) bond motifs is 1. The molecule has 102 valence electrons. The van der Waals surface area contributed by atoms with E-state index >= 15 is 0 Å². The number of imidazole rings is 1. The molecule has 2 aromatic carbocycles. The van der Waals surface area contributed by atoms with Gasteiger partial charge in [-0.05, 0) is 29.8 Å². The minimum atomic E-state index is -0.101. The zero-order chi connectivity index (χ0) is 14.1. The molecule has 0 aliphatic carbocycles. The van der Waals surface area contributed by atoms with E-state index < -0.39 is 0 Å². The molecule has 0 aliphatic heterocycles. The third-order valence-corrected chi connectivity index (χ3v) is 3.94. The smallest absolute Gasteiger partial charge is 0.136 e. The van der Waals surface area contributed by atoms with Crippen LogP contribution in [-0.2, 0) is 13.2 Å². The van der Waals surface area contributed by atoms with Gasteiger partial charge in [-0.2, -0.15) is 0 Å². The van der Waals surface area contributed by atoms with Crippen molar-refractivity contribution in [3.63, 3.8) is 0 Å². The average molecular weight is 307 g/mol. The standard InChI is InChI=1S/C15H12Cl2N2O/c16-11-6-5-10(7-12(11)17)8-19-14-4-2-1-3-13(14)18-15(19)9-20/h1-7,20H,8-9H2. The summed E-state index contributed by atoms with van der Waals surface area (Å²) >= 11 is 12.0. The highest BCUT2D eigenvalue weighted by Crippen LogP contribution is 2.24. The number of para-hydroxylation sites is 2. The maximum atomic E-state index is 9.47. The summed E-state index contributed by atoms with van der Waals surface area (Å²) < 4.78 is 1.98. The van der Waals surface area contributed by atoms with Crippen molar-refractivity contribution in [2.75, 3.05) is 0 Å². The van der Waals surface area contributed by atoms with Gasteiger partial charge in [0, 0.05) is 6.54 Å². The highest BCUT2D eigenvalue weighted by molar-refractivity contribution is 6.42. The Morgan fingerprint density at radius 2 is 1.85 bits per heavy atom. The normalized spacial score (nSPS) is 11.2. The van der Waals surface area contributed by atoms with Crippen LogP contribution in [0.25, 0.3) is 11.0 Å². The molecule has 0 amide bonds. The van der Waals surface area contributed by atoms with E-state index in [4.69, 9.17) is 23.2 Å². The maximum absolute atomic E-state index is 9.47. The Hall–Kier alpha value is -1.55. The van der Waals surface area contributed by atoms with Crippen molar-refractivity contribution in [3.8, 4) is 0 Å². The Bertz CT molecular complexity index is 768. The fourth-order valence-corrected chi connectivity index (χ4v) is 2.56. The van der Waals surface area contributed by atoms with Crippen LogP contribution in [-0.4, -0.2) is 14.7 Å². The highest BCUT2D eigenvalue weighted by atomic mass is 35.5. The van der Waals surface area contributed by atoms with E-state index in [9.17, 15) is 5.11 Å². The van der Waals surface area contributed by atoms with E-state index in [-0.39, 0.29) is 6.61 Å². The van der Waals surface area contributed by atoms with Crippen molar-refractivity contribution in [1.29, 1.82) is 0 Å². The SMILES string of the molecule is OCc1nc2ccccc2n1Cc1ccc(Cl)c(Cl)c1. The van der Waals surface area contributed by atoms with Gasteiger partial charge >= 0.3 is 0 Å². The summed E-state index contributed by atoms with van der Waals surface area (Å²) in [4.78, 5) is 4.42. The van der Waals surface area contributed by atoms with Crippen LogP contribution in [0.3, 0.4) is 0 Å². The number of hydrogen-bond acceptors (Lipinski definition) is 2. The van der Waals surface area contributed by atoms with E-state index in [2.05, 4.69) is 4.98 Å². The lowest BCUT2D eigenvalue weighted by Gasteiger charge is -2.09. The number of halogens is 2.